The minimum absolute atomic E-state index is 0.0102. The van der Waals surface area contributed by atoms with Crippen molar-refractivity contribution in [2.75, 3.05) is 38.1 Å². The van der Waals surface area contributed by atoms with E-state index in [1.807, 2.05) is 0 Å². The number of carbonyl (C=O) groups excluding carboxylic acids is 4. The van der Waals surface area contributed by atoms with Gasteiger partial charge in [-0.15, -0.1) is 0 Å². The van der Waals surface area contributed by atoms with E-state index in [1.165, 1.54) is 6.92 Å². The average Bonchev–Trinajstić information content (AvgIpc) is 3.49. The largest absolute Gasteiger partial charge is 0.462 e. The van der Waals surface area contributed by atoms with Gasteiger partial charge in [0.2, 0.25) is 17.7 Å². The van der Waals surface area contributed by atoms with Gasteiger partial charge in [-0.25, -0.2) is 4.79 Å². The first kappa shape index (κ1) is 19.9. The topological polar surface area (TPSA) is 96.0 Å². The Bertz CT molecular complexity index is 786. The van der Waals surface area contributed by atoms with E-state index in [0.29, 0.717) is 43.9 Å². The Labute approximate surface area is 163 Å². The summed E-state index contributed by atoms with van der Waals surface area (Å²) in [6.45, 7) is 5.53. The molecule has 1 aromatic carbocycles. The summed E-state index contributed by atoms with van der Waals surface area (Å²) in [5.74, 6) is -1.52. The van der Waals surface area contributed by atoms with E-state index < -0.39 is 11.9 Å². The molecule has 8 nitrogen and oxygen atoms in total. The van der Waals surface area contributed by atoms with E-state index in [0.717, 1.165) is 0 Å². The van der Waals surface area contributed by atoms with Crippen molar-refractivity contribution in [3.63, 3.8) is 0 Å². The van der Waals surface area contributed by atoms with Crippen LogP contribution >= 0.6 is 0 Å². The molecule has 1 aromatic rings. The molecule has 2 fully saturated rings. The van der Waals surface area contributed by atoms with Crippen molar-refractivity contribution in [3.05, 3.63) is 29.8 Å². The summed E-state index contributed by atoms with van der Waals surface area (Å²) in [6.07, 6.45) is 0.499. The molecule has 28 heavy (non-hydrogen) atoms. The second-order valence-corrected chi connectivity index (χ2v) is 7.04. The van der Waals surface area contributed by atoms with Crippen molar-refractivity contribution in [2.24, 2.45) is 11.8 Å². The van der Waals surface area contributed by atoms with Gasteiger partial charge in [0.15, 0.2) is 0 Å². The summed E-state index contributed by atoms with van der Waals surface area (Å²) < 4.78 is 5.01. The molecule has 0 radical (unpaired) electrons. The average molecular weight is 387 g/mol. The Balaban J connectivity index is 1.56. The number of rotatable bonds is 5. The van der Waals surface area contributed by atoms with Gasteiger partial charge in [-0.2, -0.15) is 0 Å². The Kier molecular flexibility index (Phi) is 5.96. The first-order chi connectivity index (χ1) is 13.4. The highest BCUT2D eigenvalue weighted by molar-refractivity contribution is 6.04. The molecular weight excluding hydrogens is 362 g/mol. The molecule has 150 valence electrons. The zero-order valence-corrected chi connectivity index (χ0v) is 16.1. The fourth-order valence-corrected chi connectivity index (χ4v) is 3.44. The number of hydrogen-bond acceptors (Lipinski definition) is 5. The molecule has 3 rings (SSSR count). The zero-order valence-electron chi connectivity index (χ0n) is 16.1. The molecule has 2 aliphatic rings. The van der Waals surface area contributed by atoms with E-state index in [9.17, 15) is 19.2 Å². The third-order valence-corrected chi connectivity index (χ3v) is 5.16. The number of benzene rings is 1. The van der Waals surface area contributed by atoms with E-state index in [1.54, 1.807) is 41.0 Å². The Morgan fingerprint density at radius 3 is 2.32 bits per heavy atom. The van der Waals surface area contributed by atoms with Crippen molar-refractivity contribution in [3.8, 4) is 0 Å². The van der Waals surface area contributed by atoms with Crippen molar-refractivity contribution in [1.82, 2.24) is 9.80 Å². The minimum atomic E-state index is -0.495. The number of piperazine rings is 1. The second kappa shape index (κ2) is 8.41. The van der Waals surface area contributed by atoms with Crippen LogP contribution in [0.1, 0.15) is 30.6 Å². The Hall–Kier alpha value is -2.90. The number of anilines is 1. The van der Waals surface area contributed by atoms with Gasteiger partial charge in [-0.05, 0) is 25.5 Å². The maximum absolute atomic E-state index is 12.6. The van der Waals surface area contributed by atoms with Gasteiger partial charge in [0.05, 0.1) is 29.7 Å². The fourth-order valence-electron chi connectivity index (χ4n) is 3.44. The van der Waals surface area contributed by atoms with Crippen LogP contribution < -0.4 is 5.32 Å². The summed E-state index contributed by atoms with van der Waals surface area (Å²) in [5.41, 5.74) is 0.681. The molecule has 3 amide bonds. The third-order valence-electron chi connectivity index (χ3n) is 5.16. The summed E-state index contributed by atoms with van der Waals surface area (Å²) in [5, 5.41) is 2.76. The van der Waals surface area contributed by atoms with Gasteiger partial charge in [0, 0.05) is 33.1 Å². The van der Waals surface area contributed by atoms with Gasteiger partial charge < -0.3 is 19.9 Å². The van der Waals surface area contributed by atoms with Crippen LogP contribution in [-0.2, 0) is 19.1 Å². The number of amides is 3. The van der Waals surface area contributed by atoms with Crippen molar-refractivity contribution < 1.29 is 23.9 Å². The molecule has 1 heterocycles. The van der Waals surface area contributed by atoms with Gasteiger partial charge >= 0.3 is 5.97 Å². The number of hydrogen-bond donors (Lipinski definition) is 1. The Morgan fingerprint density at radius 1 is 1.04 bits per heavy atom. The number of esters is 1. The van der Waals surface area contributed by atoms with Gasteiger partial charge in [-0.3, -0.25) is 14.4 Å². The van der Waals surface area contributed by atoms with Crippen molar-refractivity contribution in [1.29, 1.82) is 0 Å². The predicted molar refractivity (Wildman–Crippen MR) is 101 cm³/mol. The molecule has 1 saturated carbocycles. The molecule has 1 aliphatic heterocycles. The third kappa shape index (κ3) is 4.32. The van der Waals surface area contributed by atoms with E-state index in [4.69, 9.17) is 4.74 Å². The molecule has 0 spiro atoms. The number of para-hydroxylation sites is 1. The molecular formula is C20H25N3O5. The van der Waals surface area contributed by atoms with Crippen LogP contribution in [0.3, 0.4) is 0 Å². The number of nitrogens with one attached hydrogen (secondary N) is 1. The minimum Gasteiger partial charge on any atom is -0.462 e. The predicted octanol–water partition coefficient (Wildman–Crippen LogP) is 1.13. The standard InChI is InChI=1S/C20H25N3O5/c1-3-28-20(27)14-6-4-5-7-17(14)21-18(25)15-12-16(15)19(26)23-10-8-22(9-11-23)13(2)24/h4-7,15-16H,3,8-12H2,1-2H3,(H,21,25). The van der Waals surface area contributed by atoms with Crippen LogP contribution in [0, 0.1) is 11.8 Å². The molecule has 2 atom stereocenters. The second-order valence-electron chi connectivity index (χ2n) is 7.04. The van der Waals surface area contributed by atoms with Gasteiger partial charge in [0.1, 0.15) is 0 Å². The highest BCUT2D eigenvalue weighted by Crippen LogP contribution is 2.41. The highest BCUT2D eigenvalue weighted by atomic mass is 16.5. The zero-order chi connectivity index (χ0) is 20.3. The number of nitrogens with zero attached hydrogens (tertiary/aromatic N) is 2. The van der Waals surface area contributed by atoms with Crippen LogP contribution in [0.4, 0.5) is 5.69 Å². The van der Waals surface area contributed by atoms with E-state index in [2.05, 4.69) is 5.32 Å². The number of carbonyl (C=O) groups is 4. The van der Waals surface area contributed by atoms with E-state index >= 15 is 0 Å². The molecule has 8 heteroatoms. The van der Waals surface area contributed by atoms with E-state index in [-0.39, 0.29) is 30.2 Å². The van der Waals surface area contributed by atoms with Crippen LogP contribution in [0.25, 0.3) is 0 Å². The van der Waals surface area contributed by atoms with Gasteiger partial charge in [0.25, 0.3) is 0 Å². The van der Waals surface area contributed by atoms with Gasteiger partial charge in [-0.1, -0.05) is 12.1 Å². The Morgan fingerprint density at radius 2 is 1.68 bits per heavy atom. The molecule has 2 unspecified atom stereocenters. The monoisotopic (exact) mass is 387 g/mol. The molecule has 0 bridgehead atoms. The SMILES string of the molecule is CCOC(=O)c1ccccc1NC(=O)C1CC1C(=O)N1CCN(C(C)=O)CC1. The lowest BCUT2D eigenvalue weighted by Gasteiger charge is -2.34. The summed E-state index contributed by atoms with van der Waals surface area (Å²) in [6, 6.07) is 6.66. The highest BCUT2D eigenvalue weighted by Gasteiger charge is 2.49. The smallest absolute Gasteiger partial charge is 0.340 e. The van der Waals surface area contributed by atoms with Crippen molar-refractivity contribution in [2.45, 2.75) is 20.3 Å². The quantitative estimate of drug-likeness (QED) is 0.764. The maximum Gasteiger partial charge on any atom is 0.340 e. The lowest BCUT2D eigenvalue weighted by atomic mass is 10.1. The van der Waals surface area contributed by atoms with Crippen LogP contribution in [0.2, 0.25) is 0 Å². The maximum atomic E-state index is 12.6. The molecule has 1 aliphatic carbocycles. The van der Waals surface area contributed by atoms with Crippen LogP contribution in [0.15, 0.2) is 24.3 Å². The molecule has 1 saturated heterocycles. The molecule has 1 N–H and O–H groups in total. The first-order valence-corrected chi connectivity index (χ1v) is 9.53. The summed E-state index contributed by atoms with van der Waals surface area (Å²) in [7, 11) is 0. The summed E-state index contributed by atoms with van der Waals surface area (Å²) in [4.78, 5) is 52.0. The first-order valence-electron chi connectivity index (χ1n) is 9.53. The van der Waals surface area contributed by atoms with Crippen molar-refractivity contribution >= 4 is 29.4 Å². The normalized spacial score (nSPS) is 21.1. The lowest BCUT2D eigenvalue weighted by Crippen LogP contribution is -2.50. The lowest BCUT2D eigenvalue weighted by molar-refractivity contribution is -0.139. The fraction of sp³-hybridized carbons (Fsp3) is 0.500. The van der Waals surface area contributed by atoms with Crippen LogP contribution in [-0.4, -0.2) is 66.3 Å². The number of ether oxygens (including phenoxy) is 1. The molecule has 0 aromatic heterocycles. The summed E-state index contributed by atoms with van der Waals surface area (Å²) >= 11 is 0. The van der Waals surface area contributed by atoms with Crippen LogP contribution in [0.5, 0.6) is 0 Å².